The monoisotopic (exact) mass is 222 g/mol. The van der Waals surface area contributed by atoms with Gasteiger partial charge in [0, 0.05) is 0 Å². The number of rotatable bonds is 4. The Kier molecular flexibility index (Phi) is 3.93. The minimum absolute atomic E-state index is 0.580. The van der Waals surface area contributed by atoms with Crippen LogP contribution in [0.1, 0.15) is 50.9 Å². The van der Waals surface area contributed by atoms with Crippen molar-refractivity contribution in [3.63, 3.8) is 0 Å². The Morgan fingerprint density at radius 1 is 1.44 bits per heavy atom. The minimum atomic E-state index is 0.580. The van der Waals surface area contributed by atoms with E-state index >= 15 is 0 Å². The largest absolute Gasteiger partial charge is 0.313 e. The molecule has 0 radical (unpaired) electrons. The van der Waals surface area contributed by atoms with Gasteiger partial charge in [0.05, 0.1) is 12.6 Å². The van der Waals surface area contributed by atoms with Gasteiger partial charge < -0.3 is 5.32 Å². The van der Waals surface area contributed by atoms with Crippen LogP contribution < -0.4 is 5.32 Å². The average Bonchev–Trinajstić information content (AvgIpc) is 2.78. The van der Waals surface area contributed by atoms with Crippen molar-refractivity contribution in [3.05, 3.63) is 12.2 Å². The fourth-order valence-corrected chi connectivity index (χ4v) is 2.72. The molecule has 4 nitrogen and oxygen atoms in total. The van der Waals surface area contributed by atoms with Gasteiger partial charge in [0.2, 0.25) is 0 Å². The molecule has 1 saturated carbocycles. The summed E-state index contributed by atoms with van der Waals surface area (Å²) in [5, 5.41) is 7.65. The molecular weight excluding hydrogens is 200 g/mol. The molecule has 1 fully saturated rings. The maximum atomic E-state index is 4.56. The zero-order chi connectivity index (χ0) is 11.4. The summed E-state index contributed by atoms with van der Waals surface area (Å²) in [6.07, 6.45) is 8.50. The van der Waals surface area contributed by atoms with Gasteiger partial charge in [-0.3, -0.25) is 0 Å². The molecule has 0 spiro atoms. The summed E-state index contributed by atoms with van der Waals surface area (Å²) >= 11 is 0. The highest BCUT2D eigenvalue weighted by atomic mass is 15.4. The first kappa shape index (κ1) is 11.6. The third-order valence-electron chi connectivity index (χ3n) is 3.62. The van der Waals surface area contributed by atoms with E-state index in [1.165, 1.54) is 32.1 Å². The number of hydrogen-bond donors (Lipinski definition) is 1. The second-order valence-corrected chi connectivity index (χ2v) is 4.69. The molecule has 1 N–H and O–H groups in total. The highest BCUT2D eigenvalue weighted by Gasteiger charge is 2.25. The van der Waals surface area contributed by atoms with Gasteiger partial charge in [0.15, 0.2) is 5.82 Å². The van der Waals surface area contributed by atoms with Gasteiger partial charge in [-0.05, 0) is 25.8 Å². The first-order valence-corrected chi connectivity index (χ1v) is 6.39. The highest BCUT2D eigenvalue weighted by Crippen LogP contribution is 2.35. The Morgan fingerprint density at radius 2 is 2.25 bits per heavy atom. The maximum absolute atomic E-state index is 4.56. The van der Waals surface area contributed by atoms with Gasteiger partial charge in [0.25, 0.3) is 0 Å². The van der Waals surface area contributed by atoms with Crippen molar-refractivity contribution < 1.29 is 0 Å². The van der Waals surface area contributed by atoms with E-state index in [0.717, 1.165) is 18.3 Å². The predicted octanol–water partition coefficient (Wildman–Crippen LogP) is 2.14. The van der Waals surface area contributed by atoms with Crippen LogP contribution in [0.2, 0.25) is 0 Å². The van der Waals surface area contributed by atoms with Crippen molar-refractivity contribution in [1.29, 1.82) is 0 Å². The molecule has 0 amide bonds. The molecule has 90 valence electrons. The summed E-state index contributed by atoms with van der Waals surface area (Å²) in [5.74, 6) is 1.70. The Morgan fingerprint density at radius 3 is 3.00 bits per heavy atom. The van der Waals surface area contributed by atoms with Crippen molar-refractivity contribution in [2.24, 2.45) is 5.92 Å². The van der Waals surface area contributed by atoms with Crippen LogP contribution in [0.5, 0.6) is 0 Å². The molecule has 2 unspecified atom stereocenters. The van der Waals surface area contributed by atoms with Crippen molar-refractivity contribution in [2.75, 3.05) is 7.05 Å². The van der Waals surface area contributed by atoms with Crippen LogP contribution in [0.3, 0.4) is 0 Å². The molecule has 1 aliphatic carbocycles. The molecule has 1 aromatic heterocycles. The van der Waals surface area contributed by atoms with Crippen LogP contribution >= 0.6 is 0 Å². The standard InChI is InChI=1S/C12H22N4/c1-3-10-6-4-5-7-11(10)16-9-14-12(15-16)8-13-2/h9-11,13H,3-8H2,1-2H3. The topological polar surface area (TPSA) is 42.7 Å². The zero-order valence-electron chi connectivity index (χ0n) is 10.3. The molecule has 0 aliphatic heterocycles. The molecule has 2 atom stereocenters. The van der Waals surface area contributed by atoms with Crippen molar-refractivity contribution in [3.8, 4) is 0 Å². The minimum Gasteiger partial charge on any atom is -0.313 e. The highest BCUT2D eigenvalue weighted by molar-refractivity contribution is 4.86. The molecule has 1 heterocycles. The maximum Gasteiger partial charge on any atom is 0.164 e. The molecule has 16 heavy (non-hydrogen) atoms. The summed E-state index contributed by atoms with van der Waals surface area (Å²) < 4.78 is 2.10. The quantitative estimate of drug-likeness (QED) is 0.848. The number of nitrogens with one attached hydrogen (secondary N) is 1. The predicted molar refractivity (Wildman–Crippen MR) is 64.1 cm³/mol. The van der Waals surface area contributed by atoms with Crippen LogP contribution in [-0.2, 0) is 6.54 Å². The van der Waals surface area contributed by atoms with Crippen LogP contribution in [0.25, 0.3) is 0 Å². The van der Waals surface area contributed by atoms with Crippen LogP contribution in [0, 0.1) is 5.92 Å². The van der Waals surface area contributed by atoms with E-state index in [1.54, 1.807) is 0 Å². The normalized spacial score (nSPS) is 25.9. The van der Waals surface area contributed by atoms with Gasteiger partial charge in [0.1, 0.15) is 6.33 Å². The van der Waals surface area contributed by atoms with E-state index in [2.05, 4.69) is 27.0 Å². The Hall–Kier alpha value is -0.900. The smallest absolute Gasteiger partial charge is 0.164 e. The third kappa shape index (κ3) is 2.43. The summed E-state index contributed by atoms with van der Waals surface area (Å²) in [6, 6.07) is 0.580. The van der Waals surface area contributed by atoms with Gasteiger partial charge in [-0.1, -0.05) is 26.2 Å². The van der Waals surface area contributed by atoms with Gasteiger partial charge in [-0.2, -0.15) is 5.10 Å². The molecule has 0 aromatic carbocycles. The zero-order valence-corrected chi connectivity index (χ0v) is 10.3. The SMILES string of the molecule is CCC1CCCCC1n1cnc(CNC)n1. The first-order chi connectivity index (χ1) is 7.85. The van der Waals surface area contributed by atoms with Crippen LogP contribution in [0.4, 0.5) is 0 Å². The van der Waals surface area contributed by atoms with E-state index in [1.807, 2.05) is 13.4 Å². The van der Waals surface area contributed by atoms with Crippen LogP contribution in [-0.4, -0.2) is 21.8 Å². The molecule has 0 bridgehead atoms. The number of aromatic nitrogens is 3. The lowest BCUT2D eigenvalue weighted by Gasteiger charge is -2.30. The van der Waals surface area contributed by atoms with E-state index < -0.39 is 0 Å². The number of hydrogen-bond acceptors (Lipinski definition) is 3. The Labute approximate surface area is 97.5 Å². The lowest BCUT2D eigenvalue weighted by atomic mass is 9.83. The lowest BCUT2D eigenvalue weighted by molar-refractivity contribution is 0.216. The fraction of sp³-hybridized carbons (Fsp3) is 0.833. The van der Waals surface area contributed by atoms with Gasteiger partial charge in [-0.25, -0.2) is 9.67 Å². The average molecular weight is 222 g/mol. The van der Waals surface area contributed by atoms with E-state index in [9.17, 15) is 0 Å². The number of nitrogens with zero attached hydrogens (tertiary/aromatic N) is 3. The summed E-state index contributed by atoms with van der Waals surface area (Å²) in [6.45, 7) is 3.05. The summed E-state index contributed by atoms with van der Waals surface area (Å²) in [4.78, 5) is 4.34. The van der Waals surface area contributed by atoms with E-state index in [4.69, 9.17) is 0 Å². The van der Waals surface area contributed by atoms with Gasteiger partial charge >= 0.3 is 0 Å². The summed E-state index contributed by atoms with van der Waals surface area (Å²) in [5.41, 5.74) is 0. The molecule has 4 heteroatoms. The molecule has 1 aliphatic rings. The Bertz CT molecular complexity index is 321. The third-order valence-corrected chi connectivity index (χ3v) is 3.62. The Balaban J connectivity index is 2.08. The van der Waals surface area contributed by atoms with Crippen molar-refractivity contribution in [1.82, 2.24) is 20.1 Å². The van der Waals surface area contributed by atoms with Crippen molar-refractivity contribution in [2.45, 2.75) is 51.6 Å². The van der Waals surface area contributed by atoms with E-state index in [0.29, 0.717) is 6.04 Å². The van der Waals surface area contributed by atoms with Crippen molar-refractivity contribution >= 4 is 0 Å². The molecular formula is C12H22N4. The van der Waals surface area contributed by atoms with Crippen LogP contribution in [0.15, 0.2) is 6.33 Å². The first-order valence-electron chi connectivity index (χ1n) is 6.39. The van der Waals surface area contributed by atoms with E-state index in [-0.39, 0.29) is 0 Å². The summed E-state index contributed by atoms with van der Waals surface area (Å²) in [7, 11) is 1.93. The second-order valence-electron chi connectivity index (χ2n) is 4.69. The molecule has 1 aromatic rings. The molecule has 0 saturated heterocycles. The van der Waals surface area contributed by atoms with Gasteiger partial charge in [-0.15, -0.1) is 0 Å². The fourth-order valence-electron chi connectivity index (χ4n) is 2.72. The second kappa shape index (κ2) is 5.43. The molecule has 2 rings (SSSR count). The lowest BCUT2D eigenvalue weighted by Crippen LogP contribution is -2.23.